The smallest absolute Gasteiger partial charge is 0.344 e. The fourth-order valence-electron chi connectivity index (χ4n) is 3.40. The third-order valence-electron chi connectivity index (χ3n) is 4.93. The van der Waals surface area contributed by atoms with Crippen LogP contribution in [0.5, 0.6) is 5.75 Å². The topological polar surface area (TPSA) is 49.8 Å². The van der Waals surface area contributed by atoms with Gasteiger partial charge in [0.2, 0.25) is 5.67 Å². The van der Waals surface area contributed by atoms with Gasteiger partial charge in [0, 0.05) is 19.6 Å². The molecular weight excluding hydrogens is 321 g/mol. The predicted octanol–water partition coefficient (Wildman–Crippen LogP) is 3.33. The van der Waals surface area contributed by atoms with E-state index in [1.807, 2.05) is 30.0 Å². The third kappa shape index (κ3) is 3.76. The molecule has 0 bridgehead atoms. The first-order valence-corrected chi connectivity index (χ1v) is 8.63. The summed E-state index contributed by atoms with van der Waals surface area (Å²) in [7, 11) is 0. The van der Waals surface area contributed by atoms with Gasteiger partial charge >= 0.3 is 5.97 Å². The van der Waals surface area contributed by atoms with Crippen LogP contribution in [0.3, 0.4) is 0 Å². The van der Waals surface area contributed by atoms with Crippen molar-refractivity contribution in [3.63, 3.8) is 0 Å². The van der Waals surface area contributed by atoms with Gasteiger partial charge in [0.25, 0.3) is 0 Å². The highest BCUT2D eigenvalue weighted by atomic mass is 19.1. The molecule has 0 unspecified atom stereocenters. The lowest BCUT2D eigenvalue weighted by Gasteiger charge is -2.42. The lowest BCUT2D eigenvalue weighted by molar-refractivity contribution is -0.163. The van der Waals surface area contributed by atoms with Crippen LogP contribution in [0.2, 0.25) is 0 Å². The molecule has 0 spiro atoms. The standard InChI is InChI=1S/C20H24FNO3/c1-3-4-7-25-18-6-5-15-9-17(14(2)8-16(15)10-18)11-22-12-20(21,13-22)19(23)24/h3-6,9-10,14H,7-8,11-13H2,1-2H3,(H,23,24)/b4-3+/t14-/m0/s1. The Kier molecular flexibility index (Phi) is 4.95. The van der Waals surface area contributed by atoms with Crippen LogP contribution in [-0.4, -0.2) is 47.9 Å². The first kappa shape index (κ1) is 17.7. The van der Waals surface area contributed by atoms with E-state index in [0.717, 1.165) is 17.7 Å². The number of benzene rings is 1. The molecule has 25 heavy (non-hydrogen) atoms. The van der Waals surface area contributed by atoms with Crippen molar-refractivity contribution in [1.29, 1.82) is 0 Å². The Balaban J connectivity index is 1.67. The maximum absolute atomic E-state index is 13.9. The molecule has 0 radical (unpaired) electrons. The van der Waals surface area contributed by atoms with Crippen molar-refractivity contribution in [3.8, 4) is 5.75 Å². The van der Waals surface area contributed by atoms with Gasteiger partial charge in [-0.15, -0.1) is 0 Å². The Hall–Kier alpha value is -2.14. The Morgan fingerprint density at radius 1 is 1.48 bits per heavy atom. The maximum Gasteiger partial charge on any atom is 0.344 e. The van der Waals surface area contributed by atoms with Crippen molar-refractivity contribution in [1.82, 2.24) is 4.90 Å². The molecule has 2 aliphatic rings. The number of aliphatic carboxylic acids is 1. The van der Waals surface area contributed by atoms with Crippen molar-refractivity contribution in [2.75, 3.05) is 26.2 Å². The molecule has 5 heteroatoms. The number of hydrogen-bond acceptors (Lipinski definition) is 3. The van der Waals surface area contributed by atoms with Crippen LogP contribution in [-0.2, 0) is 11.2 Å². The van der Waals surface area contributed by atoms with Crippen LogP contribution < -0.4 is 4.74 Å². The van der Waals surface area contributed by atoms with Crippen molar-refractivity contribution < 1.29 is 19.0 Å². The highest BCUT2D eigenvalue weighted by Gasteiger charge is 2.50. The van der Waals surface area contributed by atoms with E-state index in [-0.39, 0.29) is 13.1 Å². The Labute approximate surface area is 147 Å². The van der Waals surface area contributed by atoms with E-state index in [1.165, 1.54) is 11.1 Å². The van der Waals surface area contributed by atoms with Gasteiger partial charge in [-0.1, -0.05) is 36.8 Å². The Morgan fingerprint density at radius 3 is 2.92 bits per heavy atom. The normalized spacial score (nSPS) is 22.2. The molecular formula is C20H24FNO3. The molecule has 1 atom stereocenters. The van der Waals surface area contributed by atoms with E-state index in [4.69, 9.17) is 9.84 Å². The summed E-state index contributed by atoms with van der Waals surface area (Å²) >= 11 is 0. The zero-order chi connectivity index (χ0) is 18.0. The molecule has 0 aromatic heterocycles. The average molecular weight is 345 g/mol. The molecule has 1 heterocycles. The number of nitrogens with zero attached hydrogens (tertiary/aromatic N) is 1. The number of carboxylic acid groups (broad SMARTS) is 1. The summed E-state index contributed by atoms with van der Waals surface area (Å²) in [5.41, 5.74) is 1.57. The second-order valence-corrected chi connectivity index (χ2v) is 6.98. The van der Waals surface area contributed by atoms with E-state index in [2.05, 4.69) is 25.1 Å². The number of halogens is 1. The van der Waals surface area contributed by atoms with Gasteiger partial charge in [-0.25, -0.2) is 9.18 Å². The van der Waals surface area contributed by atoms with Gasteiger partial charge in [0.05, 0.1) is 0 Å². The SMILES string of the molecule is C/C=C/COc1ccc2c(c1)C[C@H](C)C(CN1CC(F)(C(=O)O)C1)=C2. The number of likely N-dealkylation sites (tertiary alicyclic amines) is 1. The zero-order valence-electron chi connectivity index (χ0n) is 14.7. The summed E-state index contributed by atoms with van der Waals surface area (Å²) in [5, 5.41) is 8.87. The number of alkyl halides is 1. The molecule has 134 valence electrons. The molecule has 4 nitrogen and oxygen atoms in total. The van der Waals surface area contributed by atoms with E-state index in [0.29, 0.717) is 19.1 Å². The van der Waals surface area contributed by atoms with Gasteiger partial charge in [0.1, 0.15) is 12.4 Å². The number of carbonyl (C=O) groups is 1. The predicted molar refractivity (Wildman–Crippen MR) is 95.5 cm³/mol. The second-order valence-electron chi connectivity index (χ2n) is 6.98. The van der Waals surface area contributed by atoms with E-state index >= 15 is 0 Å². The highest BCUT2D eigenvalue weighted by Crippen LogP contribution is 2.34. The number of carboxylic acids is 1. The first-order chi connectivity index (χ1) is 11.9. The van der Waals surface area contributed by atoms with Gasteiger partial charge < -0.3 is 9.84 Å². The lowest BCUT2D eigenvalue weighted by Crippen LogP contribution is -2.63. The van der Waals surface area contributed by atoms with Gasteiger partial charge in [0.15, 0.2) is 0 Å². The minimum Gasteiger partial charge on any atom is -0.490 e. The molecule has 1 fully saturated rings. The summed E-state index contributed by atoms with van der Waals surface area (Å²) in [6.07, 6.45) is 6.99. The molecule has 1 aromatic carbocycles. The molecule has 1 aromatic rings. The van der Waals surface area contributed by atoms with Crippen molar-refractivity contribution in [2.45, 2.75) is 25.9 Å². The van der Waals surface area contributed by atoms with Gasteiger partial charge in [-0.2, -0.15) is 0 Å². The van der Waals surface area contributed by atoms with E-state index < -0.39 is 11.6 Å². The molecule has 3 rings (SSSR count). The summed E-state index contributed by atoms with van der Waals surface area (Å²) in [4.78, 5) is 12.7. The molecule has 1 aliphatic heterocycles. The van der Waals surface area contributed by atoms with E-state index in [1.54, 1.807) is 0 Å². The number of allylic oxidation sites excluding steroid dienone is 1. The summed E-state index contributed by atoms with van der Waals surface area (Å²) < 4.78 is 19.6. The molecule has 1 N–H and O–H groups in total. The zero-order valence-corrected chi connectivity index (χ0v) is 14.7. The average Bonchev–Trinajstić information content (AvgIpc) is 2.54. The maximum atomic E-state index is 13.9. The second kappa shape index (κ2) is 7.00. The minimum atomic E-state index is -2.07. The van der Waals surface area contributed by atoms with Crippen LogP contribution >= 0.6 is 0 Å². The summed E-state index contributed by atoms with van der Waals surface area (Å²) in [5.74, 6) is -0.143. The molecule has 1 aliphatic carbocycles. The van der Waals surface area contributed by atoms with Crippen LogP contribution in [0.4, 0.5) is 4.39 Å². The lowest BCUT2D eigenvalue weighted by atomic mass is 9.83. The molecule has 0 saturated carbocycles. The first-order valence-electron chi connectivity index (χ1n) is 8.63. The largest absolute Gasteiger partial charge is 0.490 e. The number of rotatable bonds is 6. The minimum absolute atomic E-state index is 0.0308. The van der Waals surface area contributed by atoms with Gasteiger partial charge in [-0.3, -0.25) is 4.90 Å². The Bertz CT molecular complexity index is 720. The van der Waals surface area contributed by atoms with Crippen LogP contribution in [0.1, 0.15) is 25.0 Å². The number of fused-ring (bicyclic) bond motifs is 1. The number of ether oxygens (including phenoxy) is 1. The fourth-order valence-corrected chi connectivity index (χ4v) is 3.40. The quantitative estimate of drug-likeness (QED) is 0.804. The number of hydrogen-bond donors (Lipinski definition) is 1. The third-order valence-corrected chi connectivity index (χ3v) is 4.93. The van der Waals surface area contributed by atoms with E-state index in [9.17, 15) is 9.18 Å². The van der Waals surface area contributed by atoms with Crippen LogP contribution in [0.15, 0.2) is 35.9 Å². The highest BCUT2D eigenvalue weighted by molar-refractivity contribution is 5.79. The van der Waals surface area contributed by atoms with Crippen LogP contribution in [0, 0.1) is 5.92 Å². The molecule has 0 amide bonds. The van der Waals surface area contributed by atoms with Crippen LogP contribution in [0.25, 0.3) is 6.08 Å². The fraction of sp³-hybridized carbons (Fsp3) is 0.450. The summed E-state index contributed by atoms with van der Waals surface area (Å²) in [6, 6.07) is 6.11. The van der Waals surface area contributed by atoms with Gasteiger partial charge in [-0.05, 0) is 42.5 Å². The Morgan fingerprint density at radius 2 is 2.24 bits per heavy atom. The molecule has 1 saturated heterocycles. The van der Waals surface area contributed by atoms with Crippen molar-refractivity contribution in [2.24, 2.45) is 5.92 Å². The van der Waals surface area contributed by atoms with Crippen molar-refractivity contribution >= 4 is 12.0 Å². The monoisotopic (exact) mass is 345 g/mol. The summed E-state index contributed by atoms with van der Waals surface area (Å²) in [6.45, 7) is 5.25. The van der Waals surface area contributed by atoms with Crippen molar-refractivity contribution in [3.05, 3.63) is 47.1 Å².